The van der Waals surface area contributed by atoms with Gasteiger partial charge in [-0.2, -0.15) is 0 Å². The van der Waals surface area contributed by atoms with Crippen LogP contribution in [0.25, 0.3) is 0 Å². The van der Waals surface area contributed by atoms with Gasteiger partial charge in [-0.3, -0.25) is 0 Å². The predicted octanol–water partition coefficient (Wildman–Crippen LogP) is 3.36. The second-order valence-electron chi connectivity index (χ2n) is 5.29. The van der Waals surface area contributed by atoms with Gasteiger partial charge in [0.05, 0.1) is 0 Å². The van der Waals surface area contributed by atoms with Crippen LogP contribution >= 0.6 is 0 Å². The van der Waals surface area contributed by atoms with Gasteiger partial charge in [-0.15, -0.1) is 0 Å². The smallest absolute Gasteiger partial charge is 0.347 e. The van der Waals surface area contributed by atoms with Crippen molar-refractivity contribution in [3.8, 4) is 5.75 Å². The maximum atomic E-state index is 11.8. The molecule has 0 aromatic heterocycles. The van der Waals surface area contributed by atoms with E-state index in [9.17, 15) is 4.79 Å². The van der Waals surface area contributed by atoms with E-state index in [1.165, 1.54) is 5.56 Å². The standard InChI is InChI=1S/C15H22O3/c1-6-12-8-7-9-13(10-12)17-11(2)14(16)18-15(3,4)5/h7-11H,6H2,1-5H3. The fraction of sp³-hybridized carbons (Fsp3) is 0.533. The molecule has 0 aliphatic carbocycles. The lowest BCUT2D eigenvalue weighted by Crippen LogP contribution is -2.33. The second-order valence-corrected chi connectivity index (χ2v) is 5.29. The van der Waals surface area contributed by atoms with Crippen molar-refractivity contribution < 1.29 is 14.3 Å². The first kappa shape index (κ1) is 14.6. The predicted molar refractivity (Wildman–Crippen MR) is 71.8 cm³/mol. The first-order valence-electron chi connectivity index (χ1n) is 6.30. The topological polar surface area (TPSA) is 35.5 Å². The zero-order chi connectivity index (χ0) is 13.8. The molecule has 0 heterocycles. The van der Waals surface area contributed by atoms with Crippen molar-refractivity contribution >= 4 is 5.97 Å². The molecule has 0 spiro atoms. The number of carbonyl (C=O) groups is 1. The molecule has 1 aromatic carbocycles. The lowest BCUT2D eigenvalue weighted by atomic mass is 10.1. The number of benzene rings is 1. The van der Waals surface area contributed by atoms with Crippen LogP contribution in [0.5, 0.6) is 5.75 Å². The Morgan fingerprint density at radius 3 is 2.56 bits per heavy atom. The van der Waals surface area contributed by atoms with Crippen LogP contribution in [0.2, 0.25) is 0 Å². The highest BCUT2D eigenvalue weighted by Gasteiger charge is 2.22. The van der Waals surface area contributed by atoms with Crippen molar-refractivity contribution in [1.29, 1.82) is 0 Å². The average molecular weight is 250 g/mol. The normalized spacial score (nSPS) is 12.9. The Hall–Kier alpha value is -1.51. The molecule has 3 nitrogen and oxygen atoms in total. The first-order valence-corrected chi connectivity index (χ1v) is 6.30. The molecule has 1 aromatic rings. The largest absolute Gasteiger partial charge is 0.479 e. The van der Waals surface area contributed by atoms with Gasteiger partial charge < -0.3 is 9.47 Å². The Balaban J connectivity index is 2.63. The van der Waals surface area contributed by atoms with Gasteiger partial charge in [0.15, 0.2) is 6.10 Å². The molecule has 0 saturated carbocycles. The van der Waals surface area contributed by atoms with E-state index in [1.807, 2.05) is 45.0 Å². The van der Waals surface area contributed by atoms with E-state index in [0.29, 0.717) is 5.75 Å². The first-order chi connectivity index (χ1) is 8.31. The van der Waals surface area contributed by atoms with E-state index >= 15 is 0 Å². The maximum Gasteiger partial charge on any atom is 0.347 e. The van der Waals surface area contributed by atoms with Gasteiger partial charge in [0.2, 0.25) is 0 Å². The molecule has 0 N–H and O–H groups in total. The highest BCUT2D eigenvalue weighted by atomic mass is 16.6. The van der Waals surface area contributed by atoms with Crippen LogP contribution < -0.4 is 4.74 Å². The van der Waals surface area contributed by atoms with Crippen molar-refractivity contribution in [2.45, 2.75) is 52.7 Å². The number of rotatable bonds is 4. The van der Waals surface area contributed by atoms with Crippen LogP contribution in [-0.4, -0.2) is 17.7 Å². The quantitative estimate of drug-likeness (QED) is 0.769. The highest BCUT2D eigenvalue weighted by molar-refractivity contribution is 5.75. The van der Waals surface area contributed by atoms with Gasteiger partial charge >= 0.3 is 5.97 Å². The summed E-state index contributed by atoms with van der Waals surface area (Å²) in [4.78, 5) is 11.8. The summed E-state index contributed by atoms with van der Waals surface area (Å²) in [7, 11) is 0. The molecular formula is C15H22O3. The molecule has 100 valence electrons. The second kappa shape index (κ2) is 5.89. The van der Waals surface area contributed by atoms with Crippen molar-refractivity contribution in [3.05, 3.63) is 29.8 Å². The molecule has 0 amide bonds. The zero-order valence-corrected chi connectivity index (χ0v) is 11.8. The number of hydrogen-bond acceptors (Lipinski definition) is 3. The number of ether oxygens (including phenoxy) is 2. The molecule has 0 saturated heterocycles. The van der Waals surface area contributed by atoms with Gasteiger partial charge in [0.1, 0.15) is 11.4 Å². The fourth-order valence-corrected chi connectivity index (χ4v) is 1.48. The maximum absolute atomic E-state index is 11.8. The van der Waals surface area contributed by atoms with Crippen LogP contribution in [0.1, 0.15) is 40.2 Å². The van der Waals surface area contributed by atoms with Gasteiger partial charge in [-0.25, -0.2) is 4.79 Å². The summed E-state index contributed by atoms with van der Waals surface area (Å²) >= 11 is 0. The molecule has 1 rings (SSSR count). The third kappa shape index (κ3) is 4.78. The third-order valence-electron chi connectivity index (χ3n) is 2.36. The van der Waals surface area contributed by atoms with Crippen LogP contribution in [0.3, 0.4) is 0 Å². The SMILES string of the molecule is CCc1cccc(OC(C)C(=O)OC(C)(C)C)c1. The summed E-state index contributed by atoms with van der Waals surface area (Å²) in [5.74, 6) is 0.358. The summed E-state index contributed by atoms with van der Waals surface area (Å²) < 4.78 is 10.9. The average Bonchev–Trinajstić information content (AvgIpc) is 2.27. The van der Waals surface area contributed by atoms with E-state index in [0.717, 1.165) is 6.42 Å². The molecule has 0 bridgehead atoms. The Morgan fingerprint density at radius 1 is 1.33 bits per heavy atom. The van der Waals surface area contributed by atoms with E-state index in [2.05, 4.69) is 6.92 Å². The summed E-state index contributed by atoms with van der Waals surface area (Å²) in [5, 5.41) is 0. The lowest BCUT2D eigenvalue weighted by molar-refractivity contribution is -0.162. The van der Waals surface area contributed by atoms with Crippen LogP contribution in [0, 0.1) is 0 Å². The van der Waals surface area contributed by atoms with Crippen molar-refractivity contribution in [2.75, 3.05) is 0 Å². The summed E-state index contributed by atoms with van der Waals surface area (Å²) in [6, 6.07) is 7.75. The molecule has 0 fully saturated rings. The summed E-state index contributed by atoms with van der Waals surface area (Å²) in [5.41, 5.74) is 0.698. The van der Waals surface area contributed by atoms with Gasteiger partial charge in [-0.05, 0) is 51.8 Å². The Labute approximate surface area is 109 Å². The van der Waals surface area contributed by atoms with Crippen LogP contribution in [0.15, 0.2) is 24.3 Å². The van der Waals surface area contributed by atoms with Crippen LogP contribution in [0.4, 0.5) is 0 Å². The summed E-state index contributed by atoms with van der Waals surface area (Å²) in [6.07, 6.45) is 0.342. The molecule has 3 heteroatoms. The van der Waals surface area contributed by atoms with Crippen molar-refractivity contribution in [3.63, 3.8) is 0 Å². The molecular weight excluding hydrogens is 228 g/mol. The minimum absolute atomic E-state index is 0.343. The van der Waals surface area contributed by atoms with Gasteiger partial charge in [0, 0.05) is 0 Å². The molecule has 0 aliphatic rings. The van der Waals surface area contributed by atoms with E-state index in [4.69, 9.17) is 9.47 Å². The number of esters is 1. The van der Waals surface area contributed by atoms with E-state index in [-0.39, 0.29) is 5.97 Å². The van der Waals surface area contributed by atoms with Crippen molar-refractivity contribution in [2.24, 2.45) is 0 Å². The van der Waals surface area contributed by atoms with E-state index in [1.54, 1.807) is 6.92 Å². The molecule has 0 radical (unpaired) electrons. The minimum Gasteiger partial charge on any atom is -0.479 e. The van der Waals surface area contributed by atoms with Gasteiger partial charge in [0.25, 0.3) is 0 Å². The number of carbonyl (C=O) groups excluding carboxylic acids is 1. The Bertz CT molecular complexity index is 404. The molecule has 0 aliphatic heterocycles. The molecule has 1 unspecified atom stereocenters. The zero-order valence-electron chi connectivity index (χ0n) is 11.8. The summed E-state index contributed by atoms with van der Waals surface area (Å²) in [6.45, 7) is 9.31. The van der Waals surface area contributed by atoms with Crippen molar-refractivity contribution in [1.82, 2.24) is 0 Å². The monoisotopic (exact) mass is 250 g/mol. The number of aryl methyl sites for hydroxylation is 1. The fourth-order valence-electron chi connectivity index (χ4n) is 1.48. The molecule has 18 heavy (non-hydrogen) atoms. The Morgan fingerprint density at radius 2 is 2.00 bits per heavy atom. The van der Waals surface area contributed by atoms with Gasteiger partial charge in [-0.1, -0.05) is 19.1 Å². The Kier molecular flexibility index (Phi) is 4.76. The third-order valence-corrected chi connectivity index (χ3v) is 2.36. The van der Waals surface area contributed by atoms with Crippen LogP contribution in [-0.2, 0) is 16.0 Å². The van der Waals surface area contributed by atoms with E-state index < -0.39 is 11.7 Å². The highest BCUT2D eigenvalue weighted by Crippen LogP contribution is 2.17. The number of hydrogen-bond donors (Lipinski definition) is 0. The molecule has 1 atom stereocenters. The minimum atomic E-state index is -0.601. The lowest BCUT2D eigenvalue weighted by Gasteiger charge is -2.22.